The summed E-state index contributed by atoms with van der Waals surface area (Å²) in [6, 6.07) is 0.189. The van der Waals surface area contributed by atoms with Gasteiger partial charge in [-0.1, -0.05) is 6.92 Å². The minimum absolute atomic E-state index is 0.0636. The van der Waals surface area contributed by atoms with Crippen molar-refractivity contribution in [2.45, 2.75) is 33.6 Å². The second-order valence-corrected chi connectivity index (χ2v) is 4.64. The Bertz CT molecular complexity index is 454. The predicted octanol–water partition coefficient (Wildman–Crippen LogP) is 1.98. The molecule has 0 aromatic carbocycles. The van der Waals surface area contributed by atoms with E-state index in [1.54, 1.807) is 4.90 Å². The summed E-state index contributed by atoms with van der Waals surface area (Å²) in [7, 11) is 0. The first-order valence-corrected chi connectivity index (χ1v) is 7.54. The molecule has 0 bridgehead atoms. The molecule has 1 rings (SSSR count). The molecule has 0 aliphatic carbocycles. The molecule has 0 saturated heterocycles. The zero-order valence-electron chi connectivity index (χ0n) is 12.7. The zero-order chi connectivity index (χ0) is 15.7. The van der Waals surface area contributed by atoms with Gasteiger partial charge >= 0.3 is 6.01 Å². The Morgan fingerprint density at radius 2 is 1.95 bits per heavy atom. The molecular formula is C13H22ClN5O2. The maximum absolute atomic E-state index is 11.9. The lowest BCUT2D eigenvalue weighted by Gasteiger charge is -2.18. The highest BCUT2D eigenvalue weighted by Crippen LogP contribution is 2.11. The Morgan fingerprint density at radius 3 is 2.57 bits per heavy atom. The number of amides is 1. The van der Waals surface area contributed by atoms with Crippen LogP contribution in [0.1, 0.15) is 33.6 Å². The van der Waals surface area contributed by atoms with Crippen LogP contribution >= 0.6 is 11.6 Å². The van der Waals surface area contributed by atoms with Crippen LogP contribution in [-0.2, 0) is 4.79 Å². The van der Waals surface area contributed by atoms with E-state index in [-0.39, 0.29) is 17.2 Å². The van der Waals surface area contributed by atoms with Crippen molar-refractivity contribution < 1.29 is 9.53 Å². The second-order valence-electron chi connectivity index (χ2n) is 4.30. The van der Waals surface area contributed by atoms with Crippen molar-refractivity contribution >= 4 is 23.5 Å². The summed E-state index contributed by atoms with van der Waals surface area (Å²) < 4.78 is 5.32. The highest BCUT2D eigenvalue weighted by molar-refractivity contribution is 6.28. The molecule has 0 fully saturated rings. The maximum atomic E-state index is 11.9. The lowest BCUT2D eigenvalue weighted by molar-refractivity contribution is -0.130. The number of anilines is 1. The molecule has 1 aromatic heterocycles. The summed E-state index contributed by atoms with van der Waals surface area (Å²) in [5.74, 6) is 0.406. The van der Waals surface area contributed by atoms with Crippen LogP contribution in [0, 0.1) is 0 Å². The standard InChI is InChI=1S/C13H22ClN5O2/c1-4-9-21-13-17-11(14)16-12(18-13)15-8-7-10(20)19(5-2)6-3/h4-9H2,1-3H3,(H,15,16,17,18). The topological polar surface area (TPSA) is 80.2 Å². The van der Waals surface area contributed by atoms with Gasteiger partial charge in [0.2, 0.25) is 17.1 Å². The smallest absolute Gasteiger partial charge is 0.322 e. The first-order chi connectivity index (χ1) is 10.1. The number of carbonyl (C=O) groups excluding carboxylic acids is 1. The number of carbonyl (C=O) groups is 1. The fourth-order valence-corrected chi connectivity index (χ4v) is 1.84. The molecular weight excluding hydrogens is 294 g/mol. The van der Waals surface area contributed by atoms with Crippen LogP contribution in [0.3, 0.4) is 0 Å². The van der Waals surface area contributed by atoms with E-state index in [0.717, 1.165) is 6.42 Å². The summed E-state index contributed by atoms with van der Waals surface area (Å²) in [6.45, 7) is 8.27. The minimum atomic E-state index is 0.0636. The van der Waals surface area contributed by atoms with Gasteiger partial charge in [0.05, 0.1) is 6.61 Å². The van der Waals surface area contributed by atoms with Crippen LogP contribution in [-0.4, -0.2) is 52.0 Å². The lowest BCUT2D eigenvalue weighted by Crippen LogP contribution is -2.31. The molecule has 0 saturated carbocycles. The number of halogens is 1. The van der Waals surface area contributed by atoms with E-state index in [1.807, 2.05) is 20.8 Å². The van der Waals surface area contributed by atoms with Crippen LogP contribution in [0.25, 0.3) is 0 Å². The van der Waals surface area contributed by atoms with E-state index >= 15 is 0 Å². The van der Waals surface area contributed by atoms with E-state index in [2.05, 4.69) is 20.3 Å². The summed E-state index contributed by atoms with van der Waals surface area (Å²) in [6.07, 6.45) is 1.22. The van der Waals surface area contributed by atoms with Gasteiger partial charge in [-0.2, -0.15) is 15.0 Å². The van der Waals surface area contributed by atoms with Crippen molar-refractivity contribution in [3.05, 3.63) is 5.28 Å². The van der Waals surface area contributed by atoms with Gasteiger partial charge in [-0.3, -0.25) is 4.79 Å². The van der Waals surface area contributed by atoms with Crippen molar-refractivity contribution in [2.75, 3.05) is 31.6 Å². The van der Waals surface area contributed by atoms with E-state index in [9.17, 15) is 4.79 Å². The fourth-order valence-electron chi connectivity index (χ4n) is 1.68. The van der Waals surface area contributed by atoms with Crippen LogP contribution in [0.2, 0.25) is 5.28 Å². The molecule has 0 atom stereocenters. The van der Waals surface area contributed by atoms with Gasteiger partial charge in [-0.25, -0.2) is 0 Å². The Morgan fingerprint density at radius 1 is 1.24 bits per heavy atom. The predicted molar refractivity (Wildman–Crippen MR) is 81.7 cm³/mol. The minimum Gasteiger partial charge on any atom is -0.463 e. The lowest BCUT2D eigenvalue weighted by atomic mass is 10.3. The van der Waals surface area contributed by atoms with Crippen molar-refractivity contribution in [1.29, 1.82) is 0 Å². The number of nitrogens with zero attached hydrogens (tertiary/aromatic N) is 4. The van der Waals surface area contributed by atoms with Gasteiger partial charge in [0.15, 0.2) is 0 Å². The molecule has 21 heavy (non-hydrogen) atoms. The average molecular weight is 316 g/mol. The third-order valence-corrected chi connectivity index (χ3v) is 2.93. The molecule has 8 heteroatoms. The van der Waals surface area contributed by atoms with Crippen LogP contribution in [0.5, 0.6) is 6.01 Å². The van der Waals surface area contributed by atoms with Gasteiger partial charge in [0, 0.05) is 26.1 Å². The number of rotatable bonds is 9. The number of ether oxygens (including phenoxy) is 1. The van der Waals surface area contributed by atoms with Crippen LogP contribution in [0.4, 0.5) is 5.95 Å². The van der Waals surface area contributed by atoms with Crippen molar-refractivity contribution in [2.24, 2.45) is 0 Å². The highest BCUT2D eigenvalue weighted by Gasteiger charge is 2.10. The van der Waals surface area contributed by atoms with Crippen LogP contribution in [0.15, 0.2) is 0 Å². The summed E-state index contributed by atoms with van der Waals surface area (Å²) in [4.78, 5) is 25.5. The van der Waals surface area contributed by atoms with Crippen LogP contribution < -0.4 is 10.1 Å². The third kappa shape index (κ3) is 6.12. The van der Waals surface area contributed by atoms with E-state index < -0.39 is 0 Å². The Balaban J connectivity index is 2.51. The average Bonchev–Trinajstić information content (AvgIpc) is 2.46. The molecule has 0 radical (unpaired) electrons. The number of nitrogens with one attached hydrogen (secondary N) is 1. The van der Waals surface area contributed by atoms with Gasteiger partial charge in [-0.15, -0.1) is 0 Å². The summed E-state index contributed by atoms with van der Waals surface area (Å²) in [5, 5.41) is 3.03. The molecule has 0 unspecified atom stereocenters. The molecule has 0 aliphatic heterocycles. The number of hydrogen-bond donors (Lipinski definition) is 1. The maximum Gasteiger partial charge on any atom is 0.322 e. The van der Waals surface area contributed by atoms with E-state index in [1.165, 1.54) is 0 Å². The van der Waals surface area contributed by atoms with Gasteiger partial charge in [0.25, 0.3) is 0 Å². The first kappa shape index (κ1) is 17.4. The van der Waals surface area contributed by atoms with Crippen molar-refractivity contribution in [3.63, 3.8) is 0 Å². The number of hydrogen-bond acceptors (Lipinski definition) is 6. The first-order valence-electron chi connectivity index (χ1n) is 7.16. The molecule has 1 N–H and O–H groups in total. The number of aromatic nitrogens is 3. The molecule has 1 heterocycles. The SMILES string of the molecule is CCCOc1nc(Cl)nc(NCCC(=O)N(CC)CC)n1. The quantitative estimate of drug-likeness (QED) is 0.750. The fraction of sp³-hybridized carbons (Fsp3) is 0.692. The monoisotopic (exact) mass is 315 g/mol. The van der Waals surface area contributed by atoms with Crippen molar-refractivity contribution in [1.82, 2.24) is 19.9 Å². The Hall–Kier alpha value is -1.63. The van der Waals surface area contributed by atoms with Gasteiger partial charge in [0.1, 0.15) is 0 Å². The Kier molecular flexibility index (Phi) is 7.74. The van der Waals surface area contributed by atoms with Gasteiger partial charge < -0.3 is 15.0 Å². The van der Waals surface area contributed by atoms with Crippen molar-refractivity contribution in [3.8, 4) is 6.01 Å². The molecule has 1 amide bonds. The largest absolute Gasteiger partial charge is 0.463 e. The molecule has 1 aromatic rings. The Labute approximate surface area is 130 Å². The van der Waals surface area contributed by atoms with E-state index in [4.69, 9.17) is 16.3 Å². The normalized spacial score (nSPS) is 10.3. The summed E-state index contributed by atoms with van der Waals surface area (Å²) >= 11 is 5.81. The zero-order valence-corrected chi connectivity index (χ0v) is 13.5. The molecule has 7 nitrogen and oxygen atoms in total. The van der Waals surface area contributed by atoms with Gasteiger partial charge in [-0.05, 0) is 31.9 Å². The molecule has 118 valence electrons. The second kappa shape index (κ2) is 9.33. The van der Waals surface area contributed by atoms with E-state index in [0.29, 0.717) is 38.6 Å². The highest BCUT2D eigenvalue weighted by atomic mass is 35.5. The third-order valence-electron chi connectivity index (χ3n) is 2.76. The summed E-state index contributed by atoms with van der Waals surface area (Å²) in [5.41, 5.74) is 0. The molecule has 0 spiro atoms. The molecule has 0 aliphatic rings.